The van der Waals surface area contributed by atoms with Crippen LogP contribution in [-0.4, -0.2) is 57.2 Å². The van der Waals surface area contributed by atoms with Gasteiger partial charge in [0, 0.05) is 38.9 Å². The predicted octanol–water partition coefficient (Wildman–Crippen LogP) is 2.34. The first-order chi connectivity index (χ1) is 13.7. The molecule has 6 heteroatoms. The lowest BCUT2D eigenvalue weighted by atomic mass is 10.1. The molecule has 0 N–H and O–H groups in total. The fourth-order valence-corrected chi connectivity index (χ4v) is 3.96. The number of rotatable bonds is 3. The number of likely N-dealkylation sites (N-methyl/N-ethyl adjacent to an activating group) is 1. The van der Waals surface area contributed by atoms with E-state index in [4.69, 9.17) is 0 Å². The van der Waals surface area contributed by atoms with Crippen LogP contribution < -0.4 is 5.56 Å². The molecule has 0 aliphatic carbocycles. The summed E-state index contributed by atoms with van der Waals surface area (Å²) >= 11 is 0. The summed E-state index contributed by atoms with van der Waals surface area (Å²) in [5.74, 6) is 0.701. The highest BCUT2D eigenvalue weighted by Gasteiger charge is 2.22. The molecule has 2 aromatic rings. The first kappa shape index (κ1) is 17.2. The van der Waals surface area contributed by atoms with Gasteiger partial charge in [-0.05, 0) is 42.9 Å². The third-order valence-corrected chi connectivity index (χ3v) is 5.58. The van der Waals surface area contributed by atoms with Gasteiger partial charge in [-0.3, -0.25) is 14.1 Å². The molecule has 0 bridgehead atoms. The standard InChI is InChI=1S/C22H23N5O/c1-24-11-13-25(14-12-24)16-17-15-19-21(26-10-6-5-9-20(17)26)23-27(22(19)28)18-7-3-2-4-8-18/h2-10,15H,11-14,16H2,1H3. The van der Waals surface area contributed by atoms with Gasteiger partial charge in [-0.2, -0.15) is 4.68 Å². The van der Waals surface area contributed by atoms with Crippen LogP contribution in [0.5, 0.6) is 0 Å². The van der Waals surface area contributed by atoms with E-state index in [-0.39, 0.29) is 5.56 Å². The summed E-state index contributed by atoms with van der Waals surface area (Å²) in [6.07, 6.45) is 1.99. The van der Waals surface area contributed by atoms with Crippen molar-refractivity contribution < 1.29 is 0 Å². The van der Waals surface area contributed by atoms with Crippen LogP contribution in [0.1, 0.15) is 5.56 Å². The zero-order chi connectivity index (χ0) is 19.1. The van der Waals surface area contributed by atoms with Gasteiger partial charge in [0.15, 0.2) is 5.82 Å². The quantitative estimate of drug-likeness (QED) is 0.553. The van der Waals surface area contributed by atoms with E-state index >= 15 is 0 Å². The van der Waals surface area contributed by atoms with Crippen molar-refractivity contribution in [3.8, 4) is 17.1 Å². The number of pyridine rings is 2. The molecule has 1 saturated heterocycles. The molecule has 1 aromatic heterocycles. The van der Waals surface area contributed by atoms with E-state index in [0.717, 1.165) is 43.9 Å². The third-order valence-electron chi connectivity index (χ3n) is 5.58. The molecule has 0 unspecified atom stereocenters. The van der Waals surface area contributed by atoms with Crippen molar-refractivity contribution in [2.24, 2.45) is 0 Å². The fourth-order valence-electron chi connectivity index (χ4n) is 3.96. The molecular formula is C22H23N5O. The highest BCUT2D eigenvalue weighted by Crippen LogP contribution is 2.25. The number of fused-ring (bicyclic) bond motifs is 3. The number of piperazine rings is 1. The molecule has 0 amide bonds. The van der Waals surface area contributed by atoms with Gasteiger partial charge in [0.25, 0.3) is 5.56 Å². The van der Waals surface area contributed by atoms with Gasteiger partial charge in [0.1, 0.15) is 0 Å². The lowest BCUT2D eigenvalue weighted by molar-refractivity contribution is 0.148. The Kier molecular flexibility index (Phi) is 4.22. The molecule has 3 aliphatic rings. The highest BCUT2D eigenvalue weighted by molar-refractivity contribution is 5.69. The minimum absolute atomic E-state index is 0.0703. The van der Waals surface area contributed by atoms with Gasteiger partial charge in [0.05, 0.1) is 16.8 Å². The minimum atomic E-state index is -0.0703. The topological polar surface area (TPSA) is 45.8 Å². The summed E-state index contributed by atoms with van der Waals surface area (Å²) in [5.41, 5.74) is 3.65. The fraction of sp³-hybridized carbons (Fsp3) is 0.273. The number of benzene rings is 1. The molecule has 6 nitrogen and oxygen atoms in total. The average Bonchev–Trinajstić information content (AvgIpc) is 3.07. The summed E-state index contributed by atoms with van der Waals surface area (Å²) in [5, 5.41) is 4.66. The predicted molar refractivity (Wildman–Crippen MR) is 110 cm³/mol. The van der Waals surface area contributed by atoms with Gasteiger partial charge in [-0.1, -0.05) is 24.3 Å². The molecule has 3 aliphatic heterocycles. The van der Waals surface area contributed by atoms with E-state index in [9.17, 15) is 4.79 Å². The summed E-state index contributed by atoms with van der Waals surface area (Å²) in [4.78, 5) is 17.9. The van der Waals surface area contributed by atoms with Gasteiger partial charge < -0.3 is 4.90 Å². The Morgan fingerprint density at radius 2 is 1.71 bits per heavy atom. The molecule has 1 fully saturated rings. The lowest BCUT2D eigenvalue weighted by Crippen LogP contribution is -2.43. The van der Waals surface area contributed by atoms with Crippen LogP contribution in [0.4, 0.5) is 0 Å². The Balaban J connectivity index is 1.65. The molecular weight excluding hydrogens is 350 g/mol. The van der Waals surface area contributed by atoms with Crippen molar-refractivity contribution >= 4 is 5.52 Å². The van der Waals surface area contributed by atoms with E-state index in [2.05, 4.69) is 28.0 Å². The minimum Gasteiger partial charge on any atom is -0.304 e. The van der Waals surface area contributed by atoms with Crippen LogP contribution in [0.25, 0.3) is 22.6 Å². The molecule has 5 rings (SSSR count). The van der Waals surface area contributed by atoms with Crippen LogP contribution in [-0.2, 0) is 6.54 Å². The first-order valence-corrected chi connectivity index (χ1v) is 9.69. The van der Waals surface area contributed by atoms with E-state index in [1.165, 1.54) is 10.2 Å². The van der Waals surface area contributed by atoms with Crippen molar-refractivity contribution in [2.75, 3.05) is 33.2 Å². The smallest absolute Gasteiger partial charge is 0.282 e. The second-order valence-electron chi connectivity index (χ2n) is 7.49. The Morgan fingerprint density at radius 3 is 2.50 bits per heavy atom. The van der Waals surface area contributed by atoms with Gasteiger partial charge in [0.2, 0.25) is 0 Å². The maximum absolute atomic E-state index is 13.1. The summed E-state index contributed by atoms with van der Waals surface area (Å²) in [6.45, 7) is 5.08. The van der Waals surface area contributed by atoms with Crippen LogP contribution in [0, 0.1) is 0 Å². The number of para-hydroxylation sites is 1. The zero-order valence-corrected chi connectivity index (χ0v) is 16.0. The second-order valence-corrected chi connectivity index (χ2v) is 7.49. The summed E-state index contributed by atoms with van der Waals surface area (Å²) in [6, 6.07) is 17.8. The van der Waals surface area contributed by atoms with Crippen molar-refractivity contribution in [3.63, 3.8) is 0 Å². The van der Waals surface area contributed by atoms with E-state index < -0.39 is 0 Å². The molecule has 0 radical (unpaired) electrons. The molecule has 0 atom stereocenters. The second kappa shape index (κ2) is 6.89. The van der Waals surface area contributed by atoms with Crippen molar-refractivity contribution in [1.82, 2.24) is 24.0 Å². The SMILES string of the molecule is CN1CCN(Cc2cc3c(=O)n(-c4ccccc4)nc-3n3ccccc23)CC1. The van der Waals surface area contributed by atoms with Crippen molar-refractivity contribution in [2.45, 2.75) is 6.54 Å². The van der Waals surface area contributed by atoms with Gasteiger partial charge >= 0.3 is 0 Å². The molecule has 1 aromatic carbocycles. The average molecular weight is 373 g/mol. The molecule has 0 saturated carbocycles. The van der Waals surface area contributed by atoms with Crippen molar-refractivity contribution in [1.29, 1.82) is 0 Å². The number of aromatic nitrogens is 3. The van der Waals surface area contributed by atoms with Crippen molar-refractivity contribution in [3.05, 3.63) is 76.7 Å². The Bertz CT molecular complexity index is 1140. The summed E-state index contributed by atoms with van der Waals surface area (Å²) < 4.78 is 3.55. The lowest BCUT2D eigenvalue weighted by Gasteiger charge is -2.32. The van der Waals surface area contributed by atoms with Crippen LogP contribution in [0.2, 0.25) is 0 Å². The maximum Gasteiger partial charge on any atom is 0.282 e. The molecule has 4 heterocycles. The van der Waals surface area contributed by atoms with Crippen LogP contribution in [0.15, 0.2) is 65.6 Å². The molecule has 28 heavy (non-hydrogen) atoms. The Morgan fingerprint density at radius 1 is 0.964 bits per heavy atom. The molecule has 0 spiro atoms. The Labute approximate surface area is 163 Å². The number of nitrogens with zero attached hydrogens (tertiary/aromatic N) is 5. The van der Waals surface area contributed by atoms with Crippen LogP contribution in [0.3, 0.4) is 0 Å². The first-order valence-electron chi connectivity index (χ1n) is 9.69. The third kappa shape index (κ3) is 2.91. The number of hydrogen-bond acceptors (Lipinski definition) is 4. The maximum atomic E-state index is 13.1. The van der Waals surface area contributed by atoms with E-state index in [0.29, 0.717) is 11.4 Å². The van der Waals surface area contributed by atoms with Crippen LogP contribution >= 0.6 is 0 Å². The zero-order valence-electron chi connectivity index (χ0n) is 16.0. The summed E-state index contributed by atoms with van der Waals surface area (Å²) in [7, 11) is 2.16. The normalized spacial score (nSPS) is 16.2. The Hall–Kier alpha value is -2.96. The van der Waals surface area contributed by atoms with Gasteiger partial charge in [-0.15, -0.1) is 5.10 Å². The molecule has 142 valence electrons. The monoisotopic (exact) mass is 373 g/mol. The number of hydrogen-bond donors (Lipinski definition) is 0. The van der Waals surface area contributed by atoms with E-state index in [1.807, 2.05) is 59.1 Å². The largest absolute Gasteiger partial charge is 0.304 e. The van der Waals surface area contributed by atoms with E-state index in [1.54, 1.807) is 0 Å². The van der Waals surface area contributed by atoms with Gasteiger partial charge in [-0.25, -0.2) is 0 Å². The highest BCUT2D eigenvalue weighted by atomic mass is 16.1.